The zero-order valence-electron chi connectivity index (χ0n) is 13.1. The van der Waals surface area contributed by atoms with Gasteiger partial charge >= 0.3 is 0 Å². The highest BCUT2D eigenvalue weighted by Crippen LogP contribution is 2.30. The van der Waals surface area contributed by atoms with E-state index in [1.165, 1.54) is 30.6 Å². The fourth-order valence-corrected chi connectivity index (χ4v) is 3.74. The summed E-state index contributed by atoms with van der Waals surface area (Å²) >= 11 is 1.84. The first-order valence-electron chi connectivity index (χ1n) is 8.17. The number of benzene rings is 1. The second-order valence-electron chi connectivity index (χ2n) is 5.53. The van der Waals surface area contributed by atoms with Crippen molar-refractivity contribution in [1.29, 1.82) is 0 Å². The fraction of sp³-hybridized carbons (Fsp3) is 0.667. The van der Waals surface area contributed by atoms with Crippen molar-refractivity contribution in [1.82, 2.24) is 0 Å². The maximum absolute atomic E-state index is 10.4. The molecule has 2 atom stereocenters. The van der Waals surface area contributed by atoms with Gasteiger partial charge in [-0.15, -0.1) is 11.8 Å². The molecule has 0 unspecified atom stereocenters. The maximum Gasteiger partial charge on any atom is 0.0662 e. The molecular weight excluding hydrogens is 264 g/mol. The molecule has 1 N–H and O–H groups in total. The first-order valence-corrected chi connectivity index (χ1v) is 9.05. The molecule has 0 aliphatic heterocycles. The summed E-state index contributed by atoms with van der Waals surface area (Å²) in [7, 11) is 0. The molecule has 114 valence electrons. The van der Waals surface area contributed by atoms with Crippen LogP contribution in [0.3, 0.4) is 0 Å². The van der Waals surface area contributed by atoms with E-state index in [0.29, 0.717) is 5.25 Å². The Hall–Kier alpha value is -0.470. The van der Waals surface area contributed by atoms with Gasteiger partial charge in [-0.1, -0.05) is 70.6 Å². The number of hydrogen-bond acceptors (Lipinski definition) is 2. The summed E-state index contributed by atoms with van der Waals surface area (Å²) in [4.78, 5) is 1.27. The molecule has 0 heterocycles. The second-order valence-corrected chi connectivity index (χ2v) is 6.84. The SMILES string of the molecule is CCCCCCC[C@@H](O)[C@H](CCC)Sc1ccccc1. The van der Waals surface area contributed by atoms with Crippen LogP contribution >= 0.6 is 11.8 Å². The molecule has 0 aliphatic rings. The van der Waals surface area contributed by atoms with Crippen LogP contribution in [0.2, 0.25) is 0 Å². The lowest BCUT2D eigenvalue weighted by Gasteiger charge is -2.22. The Kier molecular flexibility index (Phi) is 9.86. The molecule has 1 rings (SSSR count). The number of hydrogen-bond donors (Lipinski definition) is 1. The van der Waals surface area contributed by atoms with Crippen LogP contribution < -0.4 is 0 Å². The minimum absolute atomic E-state index is 0.165. The van der Waals surface area contributed by atoms with Crippen molar-refractivity contribution in [2.75, 3.05) is 0 Å². The molecular formula is C18H30OS. The first-order chi connectivity index (χ1) is 9.77. The van der Waals surface area contributed by atoms with Crippen LogP contribution in [0.15, 0.2) is 35.2 Å². The zero-order chi connectivity index (χ0) is 14.6. The van der Waals surface area contributed by atoms with Gasteiger partial charge in [0, 0.05) is 10.1 Å². The van der Waals surface area contributed by atoms with E-state index < -0.39 is 0 Å². The van der Waals surface area contributed by atoms with Gasteiger partial charge in [0.2, 0.25) is 0 Å². The molecule has 0 saturated heterocycles. The molecule has 2 heteroatoms. The molecule has 0 bridgehead atoms. The molecule has 20 heavy (non-hydrogen) atoms. The average molecular weight is 295 g/mol. The summed E-state index contributed by atoms with van der Waals surface area (Å²) < 4.78 is 0. The van der Waals surface area contributed by atoms with E-state index in [2.05, 4.69) is 38.1 Å². The van der Waals surface area contributed by atoms with Crippen molar-refractivity contribution in [2.24, 2.45) is 0 Å². The molecule has 1 aromatic rings. The monoisotopic (exact) mass is 294 g/mol. The van der Waals surface area contributed by atoms with Crippen molar-refractivity contribution >= 4 is 11.8 Å². The standard InChI is InChI=1S/C18H30OS/c1-3-5-6-7-11-15-17(19)18(12-4-2)20-16-13-9-8-10-14-16/h8-10,13-14,17-19H,3-7,11-12,15H2,1-2H3/t17-,18+/m1/s1. The minimum Gasteiger partial charge on any atom is -0.392 e. The van der Waals surface area contributed by atoms with E-state index in [1.807, 2.05) is 17.8 Å². The van der Waals surface area contributed by atoms with Crippen molar-refractivity contribution in [2.45, 2.75) is 81.5 Å². The lowest BCUT2D eigenvalue weighted by atomic mass is 10.0. The largest absolute Gasteiger partial charge is 0.392 e. The van der Waals surface area contributed by atoms with E-state index in [0.717, 1.165) is 25.7 Å². The summed E-state index contributed by atoms with van der Waals surface area (Å²) in [6.07, 6.45) is 9.37. The average Bonchev–Trinajstić information content (AvgIpc) is 2.47. The van der Waals surface area contributed by atoms with Gasteiger partial charge in [-0.3, -0.25) is 0 Å². The highest BCUT2D eigenvalue weighted by atomic mass is 32.2. The Labute approximate surface area is 129 Å². The Morgan fingerprint density at radius 1 is 0.900 bits per heavy atom. The number of unbranched alkanes of at least 4 members (excludes halogenated alkanes) is 4. The van der Waals surface area contributed by atoms with Gasteiger partial charge in [0.1, 0.15) is 0 Å². The van der Waals surface area contributed by atoms with Gasteiger partial charge in [-0.25, -0.2) is 0 Å². The van der Waals surface area contributed by atoms with E-state index in [4.69, 9.17) is 0 Å². The van der Waals surface area contributed by atoms with E-state index in [9.17, 15) is 5.11 Å². The van der Waals surface area contributed by atoms with Gasteiger partial charge in [0.25, 0.3) is 0 Å². The predicted octanol–water partition coefficient (Wildman–Crippen LogP) is 5.67. The predicted molar refractivity (Wildman–Crippen MR) is 90.4 cm³/mol. The Bertz CT molecular complexity index is 325. The summed E-state index contributed by atoms with van der Waals surface area (Å²) in [5.41, 5.74) is 0. The third-order valence-corrected chi connectivity index (χ3v) is 5.03. The number of aliphatic hydroxyl groups excluding tert-OH is 1. The molecule has 1 aromatic carbocycles. The van der Waals surface area contributed by atoms with Gasteiger partial charge in [-0.05, 0) is 25.0 Å². The maximum atomic E-state index is 10.4. The highest BCUT2D eigenvalue weighted by Gasteiger charge is 2.19. The van der Waals surface area contributed by atoms with E-state index >= 15 is 0 Å². The molecule has 0 saturated carbocycles. The molecule has 0 fully saturated rings. The van der Waals surface area contributed by atoms with Crippen molar-refractivity contribution in [3.8, 4) is 0 Å². The Morgan fingerprint density at radius 3 is 2.25 bits per heavy atom. The quantitative estimate of drug-likeness (QED) is 0.419. The van der Waals surface area contributed by atoms with Crippen LogP contribution in [-0.2, 0) is 0 Å². The van der Waals surface area contributed by atoms with Gasteiger partial charge < -0.3 is 5.11 Å². The minimum atomic E-state index is -0.165. The third kappa shape index (κ3) is 7.35. The van der Waals surface area contributed by atoms with Crippen LogP contribution in [0.25, 0.3) is 0 Å². The zero-order valence-corrected chi connectivity index (χ0v) is 13.9. The lowest BCUT2D eigenvalue weighted by Crippen LogP contribution is -2.22. The van der Waals surface area contributed by atoms with E-state index in [1.54, 1.807) is 0 Å². The second kappa shape index (κ2) is 11.2. The first kappa shape index (κ1) is 17.6. The number of rotatable bonds is 11. The molecule has 1 nitrogen and oxygen atoms in total. The summed E-state index contributed by atoms with van der Waals surface area (Å²) in [5, 5.41) is 10.8. The van der Waals surface area contributed by atoms with Gasteiger partial charge in [0.15, 0.2) is 0 Å². The smallest absolute Gasteiger partial charge is 0.0662 e. The number of aliphatic hydroxyl groups is 1. The van der Waals surface area contributed by atoms with Crippen LogP contribution in [0, 0.1) is 0 Å². The van der Waals surface area contributed by atoms with Gasteiger partial charge in [0.05, 0.1) is 6.10 Å². The number of thioether (sulfide) groups is 1. The normalized spacial score (nSPS) is 14.2. The van der Waals surface area contributed by atoms with E-state index in [-0.39, 0.29) is 6.10 Å². The van der Waals surface area contributed by atoms with Crippen LogP contribution in [0.1, 0.15) is 65.2 Å². The topological polar surface area (TPSA) is 20.2 Å². The van der Waals surface area contributed by atoms with Crippen LogP contribution in [0.4, 0.5) is 0 Å². The summed E-state index contributed by atoms with van der Waals surface area (Å²) in [5.74, 6) is 0. The highest BCUT2D eigenvalue weighted by molar-refractivity contribution is 8.00. The summed E-state index contributed by atoms with van der Waals surface area (Å²) in [6, 6.07) is 10.5. The van der Waals surface area contributed by atoms with Crippen LogP contribution in [-0.4, -0.2) is 16.5 Å². The van der Waals surface area contributed by atoms with Crippen molar-refractivity contribution < 1.29 is 5.11 Å². The Morgan fingerprint density at radius 2 is 1.60 bits per heavy atom. The summed E-state index contributed by atoms with van der Waals surface area (Å²) in [6.45, 7) is 4.44. The molecule has 0 aromatic heterocycles. The van der Waals surface area contributed by atoms with Crippen LogP contribution in [0.5, 0.6) is 0 Å². The van der Waals surface area contributed by atoms with Crippen molar-refractivity contribution in [3.05, 3.63) is 30.3 Å². The molecule has 0 aliphatic carbocycles. The molecule has 0 amide bonds. The third-order valence-electron chi connectivity index (χ3n) is 3.64. The molecule has 0 radical (unpaired) electrons. The van der Waals surface area contributed by atoms with Crippen molar-refractivity contribution in [3.63, 3.8) is 0 Å². The lowest BCUT2D eigenvalue weighted by molar-refractivity contribution is 0.154. The Balaban J connectivity index is 2.36. The van der Waals surface area contributed by atoms with Gasteiger partial charge in [-0.2, -0.15) is 0 Å². The fourth-order valence-electron chi connectivity index (χ4n) is 2.43. The molecule has 0 spiro atoms.